The van der Waals surface area contributed by atoms with Crippen LogP contribution >= 0.6 is 0 Å². The average Bonchev–Trinajstić information content (AvgIpc) is 2.64. The van der Waals surface area contributed by atoms with Crippen molar-refractivity contribution in [3.63, 3.8) is 0 Å². The Hall–Kier alpha value is -2.45. The van der Waals surface area contributed by atoms with Gasteiger partial charge in [0.15, 0.2) is 0 Å². The Bertz CT molecular complexity index is 845. The van der Waals surface area contributed by atoms with E-state index in [-0.39, 0.29) is 16.5 Å². The third-order valence-corrected chi connectivity index (χ3v) is 5.20. The Morgan fingerprint density at radius 1 is 1.00 bits per heavy atom. The SMILES string of the molecule is O=C(c1ccc(S(=O)(=O)Nc2ccc(F)cc2)cc1)N1CCOCC1. The second-order valence-electron chi connectivity index (χ2n) is 5.54. The van der Waals surface area contributed by atoms with E-state index in [0.717, 1.165) is 0 Å². The van der Waals surface area contributed by atoms with Crippen molar-refractivity contribution in [2.75, 3.05) is 31.0 Å². The van der Waals surface area contributed by atoms with Gasteiger partial charge in [0.05, 0.1) is 18.1 Å². The number of nitrogens with one attached hydrogen (secondary N) is 1. The lowest BCUT2D eigenvalue weighted by Crippen LogP contribution is -2.40. The Morgan fingerprint density at radius 2 is 1.60 bits per heavy atom. The second-order valence-corrected chi connectivity index (χ2v) is 7.22. The molecule has 8 heteroatoms. The molecule has 6 nitrogen and oxygen atoms in total. The predicted octanol–water partition coefficient (Wildman–Crippen LogP) is 2.10. The maximum atomic E-state index is 12.9. The number of nitrogens with zero attached hydrogens (tertiary/aromatic N) is 1. The predicted molar refractivity (Wildman–Crippen MR) is 90.4 cm³/mol. The molecule has 25 heavy (non-hydrogen) atoms. The number of halogens is 1. The number of hydrogen-bond acceptors (Lipinski definition) is 4. The van der Waals surface area contributed by atoms with Crippen molar-refractivity contribution >= 4 is 21.6 Å². The number of benzene rings is 2. The zero-order chi connectivity index (χ0) is 17.9. The van der Waals surface area contributed by atoms with E-state index in [9.17, 15) is 17.6 Å². The van der Waals surface area contributed by atoms with Crippen LogP contribution in [-0.4, -0.2) is 45.5 Å². The molecule has 1 fully saturated rings. The van der Waals surface area contributed by atoms with Gasteiger partial charge in [0.1, 0.15) is 5.82 Å². The third kappa shape index (κ3) is 4.15. The minimum absolute atomic E-state index is 0.0235. The summed E-state index contributed by atoms with van der Waals surface area (Å²) in [6.45, 7) is 2.04. The molecular formula is C17H17FN2O4S. The molecule has 0 aliphatic carbocycles. The van der Waals surface area contributed by atoms with Gasteiger partial charge in [-0.3, -0.25) is 9.52 Å². The van der Waals surface area contributed by atoms with Gasteiger partial charge in [0.2, 0.25) is 0 Å². The first-order valence-electron chi connectivity index (χ1n) is 7.71. The third-order valence-electron chi connectivity index (χ3n) is 3.81. The fourth-order valence-corrected chi connectivity index (χ4v) is 3.52. The Morgan fingerprint density at radius 3 is 2.20 bits per heavy atom. The normalized spacial score (nSPS) is 15.0. The molecule has 1 heterocycles. The van der Waals surface area contributed by atoms with E-state index >= 15 is 0 Å². The van der Waals surface area contributed by atoms with Crippen LogP contribution in [0.4, 0.5) is 10.1 Å². The first-order valence-corrected chi connectivity index (χ1v) is 9.19. The quantitative estimate of drug-likeness (QED) is 0.901. The zero-order valence-electron chi connectivity index (χ0n) is 13.3. The van der Waals surface area contributed by atoms with Crippen molar-refractivity contribution in [1.82, 2.24) is 4.90 Å². The molecule has 132 valence electrons. The van der Waals surface area contributed by atoms with E-state index in [1.54, 1.807) is 4.90 Å². The minimum Gasteiger partial charge on any atom is -0.378 e. The molecule has 0 atom stereocenters. The molecule has 0 bridgehead atoms. The first-order chi connectivity index (χ1) is 12.0. The number of amides is 1. The molecule has 1 aliphatic heterocycles. The molecule has 2 aromatic rings. The molecule has 0 saturated carbocycles. The molecular weight excluding hydrogens is 347 g/mol. The summed E-state index contributed by atoms with van der Waals surface area (Å²) in [7, 11) is -3.81. The van der Waals surface area contributed by atoms with E-state index in [0.29, 0.717) is 31.9 Å². The topological polar surface area (TPSA) is 75.7 Å². The van der Waals surface area contributed by atoms with Gasteiger partial charge >= 0.3 is 0 Å². The van der Waals surface area contributed by atoms with Crippen LogP contribution in [0, 0.1) is 5.82 Å². The summed E-state index contributed by atoms with van der Waals surface area (Å²) < 4.78 is 45.2. The maximum Gasteiger partial charge on any atom is 0.261 e. The van der Waals surface area contributed by atoms with Crippen molar-refractivity contribution in [3.05, 3.63) is 59.9 Å². The van der Waals surface area contributed by atoms with Crippen molar-refractivity contribution < 1.29 is 22.3 Å². The highest BCUT2D eigenvalue weighted by atomic mass is 32.2. The van der Waals surface area contributed by atoms with Crippen molar-refractivity contribution in [2.45, 2.75) is 4.90 Å². The Kier molecular flexibility index (Phi) is 5.00. The average molecular weight is 364 g/mol. The van der Waals surface area contributed by atoms with Crippen LogP contribution in [0.15, 0.2) is 53.4 Å². The highest BCUT2D eigenvalue weighted by molar-refractivity contribution is 7.92. The lowest BCUT2D eigenvalue weighted by Gasteiger charge is -2.26. The van der Waals surface area contributed by atoms with Gasteiger partial charge in [0.25, 0.3) is 15.9 Å². The lowest BCUT2D eigenvalue weighted by atomic mass is 10.2. The molecule has 2 aromatic carbocycles. The Balaban J connectivity index is 1.74. The number of anilines is 1. The minimum atomic E-state index is -3.81. The molecule has 0 aromatic heterocycles. The monoisotopic (exact) mass is 364 g/mol. The number of ether oxygens (including phenoxy) is 1. The number of morpholine rings is 1. The van der Waals surface area contributed by atoms with Gasteiger partial charge < -0.3 is 9.64 Å². The fraction of sp³-hybridized carbons (Fsp3) is 0.235. The fourth-order valence-electron chi connectivity index (χ4n) is 2.46. The van der Waals surface area contributed by atoms with Crippen LogP contribution in [0.2, 0.25) is 0 Å². The van der Waals surface area contributed by atoms with Gasteiger partial charge in [-0.15, -0.1) is 0 Å². The van der Waals surface area contributed by atoms with Gasteiger partial charge in [-0.25, -0.2) is 12.8 Å². The zero-order valence-corrected chi connectivity index (χ0v) is 14.1. The molecule has 0 spiro atoms. The van der Waals surface area contributed by atoms with Gasteiger partial charge in [0, 0.05) is 24.3 Å². The van der Waals surface area contributed by atoms with Crippen molar-refractivity contribution in [1.29, 1.82) is 0 Å². The summed E-state index contributed by atoms with van der Waals surface area (Å²) in [6.07, 6.45) is 0. The van der Waals surface area contributed by atoms with Gasteiger partial charge in [-0.05, 0) is 48.5 Å². The molecule has 1 saturated heterocycles. The van der Waals surface area contributed by atoms with Crippen molar-refractivity contribution in [2.24, 2.45) is 0 Å². The molecule has 1 N–H and O–H groups in total. The number of hydrogen-bond donors (Lipinski definition) is 1. The van der Waals surface area contributed by atoms with E-state index in [1.807, 2.05) is 0 Å². The molecule has 3 rings (SSSR count). The van der Waals surface area contributed by atoms with Crippen LogP contribution in [-0.2, 0) is 14.8 Å². The van der Waals surface area contributed by atoms with Gasteiger partial charge in [-0.2, -0.15) is 0 Å². The van der Waals surface area contributed by atoms with Crippen LogP contribution in [0.5, 0.6) is 0 Å². The van der Waals surface area contributed by atoms with Gasteiger partial charge in [-0.1, -0.05) is 0 Å². The molecule has 1 aliphatic rings. The molecule has 0 radical (unpaired) electrons. The van der Waals surface area contributed by atoms with Crippen LogP contribution in [0.25, 0.3) is 0 Å². The highest BCUT2D eigenvalue weighted by Gasteiger charge is 2.20. The van der Waals surface area contributed by atoms with Crippen LogP contribution in [0.3, 0.4) is 0 Å². The molecule has 0 unspecified atom stereocenters. The smallest absolute Gasteiger partial charge is 0.261 e. The number of rotatable bonds is 4. The second kappa shape index (κ2) is 7.20. The number of carbonyl (C=O) groups excluding carboxylic acids is 1. The standard InChI is InChI=1S/C17H17FN2O4S/c18-14-3-5-15(6-4-14)19-25(22,23)16-7-1-13(2-8-16)17(21)20-9-11-24-12-10-20/h1-8,19H,9-12H2. The molecule has 1 amide bonds. The highest BCUT2D eigenvalue weighted by Crippen LogP contribution is 2.18. The van der Waals surface area contributed by atoms with Crippen molar-refractivity contribution in [3.8, 4) is 0 Å². The first kappa shape index (κ1) is 17.4. The Labute approximate surface area is 145 Å². The van der Waals surface area contributed by atoms with E-state index in [1.165, 1.54) is 48.5 Å². The van der Waals surface area contributed by atoms with E-state index < -0.39 is 15.8 Å². The summed E-state index contributed by atoms with van der Waals surface area (Å²) in [6, 6.07) is 10.7. The largest absolute Gasteiger partial charge is 0.378 e. The summed E-state index contributed by atoms with van der Waals surface area (Å²) in [5.74, 6) is -0.604. The lowest BCUT2D eigenvalue weighted by molar-refractivity contribution is 0.0303. The summed E-state index contributed by atoms with van der Waals surface area (Å²) in [5.41, 5.74) is 0.678. The summed E-state index contributed by atoms with van der Waals surface area (Å²) in [4.78, 5) is 14.0. The maximum absolute atomic E-state index is 12.9. The van der Waals surface area contributed by atoms with Crippen LogP contribution in [0.1, 0.15) is 10.4 Å². The van der Waals surface area contributed by atoms with Crippen LogP contribution < -0.4 is 4.72 Å². The summed E-state index contributed by atoms with van der Waals surface area (Å²) in [5, 5.41) is 0. The summed E-state index contributed by atoms with van der Waals surface area (Å²) >= 11 is 0. The van der Waals surface area contributed by atoms with E-state index in [4.69, 9.17) is 4.74 Å². The number of sulfonamides is 1. The number of carbonyl (C=O) groups is 1. The van der Waals surface area contributed by atoms with E-state index in [2.05, 4.69) is 4.72 Å².